The lowest BCUT2D eigenvalue weighted by Gasteiger charge is -2.14. The normalized spacial score (nSPS) is 17.4. The molecule has 4 nitrogen and oxygen atoms in total. The van der Waals surface area contributed by atoms with Gasteiger partial charge in [0.1, 0.15) is 5.60 Å². The third-order valence-corrected chi connectivity index (χ3v) is 2.64. The van der Waals surface area contributed by atoms with Gasteiger partial charge in [-0.25, -0.2) is 0 Å². The molecule has 4 heteroatoms. The molecule has 1 aliphatic rings. The van der Waals surface area contributed by atoms with E-state index in [0.717, 1.165) is 12.8 Å². The average molecular weight is 251 g/mol. The predicted octanol–water partition coefficient (Wildman–Crippen LogP) is 2.07. The number of fused-ring (bicyclic) bond motifs is 1. The van der Waals surface area contributed by atoms with Crippen molar-refractivity contribution in [1.82, 2.24) is 4.98 Å². The van der Waals surface area contributed by atoms with E-state index in [0.29, 0.717) is 12.4 Å². The van der Waals surface area contributed by atoms with E-state index in [2.05, 4.69) is 16.6 Å². The summed E-state index contributed by atoms with van der Waals surface area (Å²) in [7, 11) is 0. The highest BCUT2D eigenvalue weighted by Gasteiger charge is 2.17. The second-order valence-electron chi connectivity index (χ2n) is 5.69. The van der Waals surface area contributed by atoms with Gasteiger partial charge in [-0.15, -0.1) is 0 Å². The van der Waals surface area contributed by atoms with Gasteiger partial charge >= 0.3 is 0 Å². The Hall–Kier alpha value is -1.58. The Morgan fingerprint density at radius 3 is 2.44 bits per heavy atom. The second-order valence-corrected chi connectivity index (χ2v) is 5.69. The van der Waals surface area contributed by atoms with Crippen molar-refractivity contribution >= 4 is 6.47 Å². The zero-order valence-corrected chi connectivity index (χ0v) is 11.4. The molecule has 0 radical (unpaired) electrons. The van der Waals surface area contributed by atoms with Crippen LogP contribution in [0.15, 0.2) is 17.1 Å². The summed E-state index contributed by atoms with van der Waals surface area (Å²) in [5, 5.41) is 0. The van der Waals surface area contributed by atoms with Gasteiger partial charge in [-0.3, -0.25) is 9.59 Å². The van der Waals surface area contributed by atoms with Crippen LogP contribution in [-0.4, -0.2) is 17.1 Å². The molecule has 1 aromatic heterocycles. The Morgan fingerprint density at radius 1 is 1.33 bits per heavy atom. The molecular weight excluding hydrogens is 230 g/mol. The van der Waals surface area contributed by atoms with E-state index >= 15 is 0 Å². The number of hydrogen-bond donors (Lipinski definition) is 1. The minimum Gasteiger partial charge on any atom is -0.462 e. The lowest BCUT2D eigenvalue weighted by molar-refractivity contribution is -0.138. The Labute approximate surface area is 107 Å². The molecule has 0 aromatic carbocycles. The number of rotatable bonds is 1. The fourth-order valence-corrected chi connectivity index (χ4v) is 1.89. The average Bonchev–Trinajstić information content (AvgIpc) is 2.56. The smallest absolute Gasteiger partial charge is 0.293 e. The quantitative estimate of drug-likeness (QED) is 0.777. The Balaban J connectivity index is 0.000000203. The van der Waals surface area contributed by atoms with Crippen molar-refractivity contribution in [2.24, 2.45) is 5.92 Å². The first-order chi connectivity index (χ1) is 8.31. The van der Waals surface area contributed by atoms with Crippen LogP contribution in [-0.2, 0) is 22.4 Å². The first-order valence-corrected chi connectivity index (χ1v) is 6.14. The predicted molar refractivity (Wildman–Crippen MR) is 70.5 cm³/mol. The van der Waals surface area contributed by atoms with Gasteiger partial charge in [0, 0.05) is 12.3 Å². The molecule has 1 aromatic rings. The molecule has 0 saturated carbocycles. The number of aromatic amines is 1. The summed E-state index contributed by atoms with van der Waals surface area (Å²) in [6, 6.07) is 1.72. The molecule has 2 rings (SSSR count). The molecule has 1 aliphatic carbocycles. The molecular formula is C14H21NO3. The van der Waals surface area contributed by atoms with Crippen molar-refractivity contribution in [2.75, 3.05) is 0 Å². The summed E-state index contributed by atoms with van der Waals surface area (Å²) in [6.07, 6.45) is 4.03. The maximum Gasteiger partial charge on any atom is 0.293 e. The van der Waals surface area contributed by atoms with E-state index in [-0.39, 0.29) is 11.2 Å². The van der Waals surface area contributed by atoms with Gasteiger partial charge in [0.15, 0.2) is 0 Å². The van der Waals surface area contributed by atoms with Gasteiger partial charge < -0.3 is 9.72 Å². The summed E-state index contributed by atoms with van der Waals surface area (Å²) in [4.78, 5) is 23.2. The molecule has 0 saturated heterocycles. The van der Waals surface area contributed by atoms with Crippen molar-refractivity contribution in [3.8, 4) is 0 Å². The number of aromatic nitrogens is 1. The molecule has 1 heterocycles. The zero-order chi connectivity index (χ0) is 13.8. The van der Waals surface area contributed by atoms with Gasteiger partial charge in [0.05, 0.1) is 0 Å². The Bertz CT molecular complexity index is 457. The van der Waals surface area contributed by atoms with Crippen LogP contribution in [0.4, 0.5) is 0 Å². The van der Waals surface area contributed by atoms with Crippen molar-refractivity contribution in [3.63, 3.8) is 0 Å². The third-order valence-electron chi connectivity index (χ3n) is 2.64. The Morgan fingerprint density at radius 2 is 1.94 bits per heavy atom. The number of nitrogens with one attached hydrogen (secondary N) is 1. The van der Waals surface area contributed by atoms with E-state index in [1.165, 1.54) is 11.1 Å². The number of ether oxygens (including phenoxy) is 1. The highest BCUT2D eigenvalue weighted by atomic mass is 16.5. The monoisotopic (exact) mass is 251 g/mol. The van der Waals surface area contributed by atoms with Crippen LogP contribution in [0.5, 0.6) is 0 Å². The molecule has 0 bridgehead atoms. The second kappa shape index (κ2) is 5.85. The van der Waals surface area contributed by atoms with Gasteiger partial charge in [-0.2, -0.15) is 0 Å². The summed E-state index contributed by atoms with van der Waals surface area (Å²) in [5.41, 5.74) is 2.26. The summed E-state index contributed by atoms with van der Waals surface area (Å²) < 4.78 is 4.55. The topological polar surface area (TPSA) is 59.2 Å². The van der Waals surface area contributed by atoms with E-state index in [4.69, 9.17) is 0 Å². The van der Waals surface area contributed by atoms with Crippen LogP contribution >= 0.6 is 0 Å². The number of carbonyl (C=O) groups is 1. The van der Waals surface area contributed by atoms with Crippen LogP contribution in [0.1, 0.15) is 38.8 Å². The van der Waals surface area contributed by atoms with Gasteiger partial charge in [-0.05, 0) is 50.7 Å². The van der Waals surface area contributed by atoms with Crippen LogP contribution < -0.4 is 5.56 Å². The minimum atomic E-state index is -0.318. The Kier molecular flexibility index (Phi) is 4.70. The molecule has 0 fully saturated rings. The van der Waals surface area contributed by atoms with Gasteiger partial charge in [-0.1, -0.05) is 6.92 Å². The van der Waals surface area contributed by atoms with E-state index in [9.17, 15) is 9.59 Å². The van der Waals surface area contributed by atoms with E-state index in [1.807, 2.05) is 27.0 Å². The number of H-pyrrole nitrogens is 1. The molecule has 0 aliphatic heterocycles. The van der Waals surface area contributed by atoms with E-state index in [1.54, 1.807) is 6.07 Å². The first-order valence-electron chi connectivity index (χ1n) is 6.14. The fraction of sp³-hybridized carbons (Fsp3) is 0.571. The lowest BCUT2D eigenvalue weighted by atomic mass is 10.1. The number of carbonyl (C=O) groups excluding carboxylic acids is 1. The van der Waals surface area contributed by atoms with E-state index < -0.39 is 0 Å². The highest BCUT2D eigenvalue weighted by Crippen LogP contribution is 2.23. The summed E-state index contributed by atoms with van der Waals surface area (Å²) in [5.74, 6) is 0.709. The SMILES string of the molecule is CC(C)(C)OC=O.CC1Cc2c[nH]c(=O)cc2C1. The zero-order valence-electron chi connectivity index (χ0n) is 11.4. The van der Waals surface area contributed by atoms with Gasteiger partial charge in [0.25, 0.3) is 6.47 Å². The maximum absolute atomic E-state index is 10.9. The van der Waals surface area contributed by atoms with Gasteiger partial charge in [0.2, 0.25) is 5.56 Å². The third kappa shape index (κ3) is 4.73. The largest absolute Gasteiger partial charge is 0.462 e. The summed E-state index contributed by atoms with van der Waals surface area (Å²) in [6.45, 7) is 8.13. The standard InChI is InChI=1S/C9H11NO.C5H10O2/c1-6-2-7-4-9(11)10-5-8(7)3-6;1-5(2,3)7-4-6/h4-6H,2-3H2,1H3,(H,10,11);4H,1-3H3. The number of pyridine rings is 1. The van der Waals surface area contributed by atoms with Crippen molar-refractivity contribution in [3.05, 3.63) is 33.7 Å². The molecule has 1 unspecified atom stereocenters. The molecule has 18 heavy (non-hydrogen) atoms. The molecule has 100 valence electrons. The van der Waals surface area contributed by atoms with Crippen LogP contribution in [0.2, 0.25) is 0 Å². The lowest BCUT2D eigenvalue weighted by Crippen LogP contribution is -2.17. The van der Waals surface area contributed by atoms with Crippen LogP contribution in [0.3, 0.4) is 0 Å². The number of hydrogen-bond acceptors (Lipinski definition) is 3. The molecule has 0 amide bonds. The highest BCUT2D eigenvalue weighted by molar-refractivity contribution is 5.37. The van der Waals surface area contributed by atoms with Crippen molar-refractivity contribution < 1.29 is 9.53 Å². The van der Waals surface area contributed by atoms with Crippen LogP contribution in [0, 0.1) is 5.92 Å². The maximum atomic E-state index is 10.9. The first kappa shape index (κ1) is 14.5. The van der Waals surface area contributed by atoms with Crippen molar-refractivity contribution in [1.29, 1.82) is 0 Å². The molecule has 1 N–H and O–H groups in total. The van der Waals surface area contributed by atoms with Crippen molar-refractivity contribution in [2.45, 2.75) is 46.1 Å². The minimum absolute atomic E-state index is 0.0258. The molecule has 1 atom stereocenters. The fourth-order valence-electron chi connectivity index (χ4n) is 1.89. The molecule has 0 spiro atoms. The summed E-state index contributed by atoms with van der Waals surface area (Å²) >= 11 is 0. The van der Waals surface area contributed by atoms with Crippen LogP contribution in [0.25, 0.3) is 0 Å².